The average Bonchev–Trinajstić information content (AvgIpc) is 3.15. The van der Waals surface area contributed by atoms with Crippen molar-refractivity contribution in [1.82, 2.24) is 4.98 Å². The second-order valence-corrected chi connectivity index (χ2v) is 5.12. The number of pyridine rings is 1. The molecule has 100 valence electrons. The lowest BCUT2D eigenvalue weighted by Gasteiger charge is -2.18. The number of nitrogens with one attached hydrogen (secondary N) is 1. The van der Waals surface area contributed by atoms with Crippen LogP contribution in [0.3, 0.4) is 0 Å². The van der Waals surface area contributed by atoms with Crippen molar-refractivity contribution >= 4 is 5.69 Å². The van der Waals surface area contributed by atoms with E-state index < -0.39 is 0 Å². The van der Waals surface area contributed by atoms with E-state index in [4.69, 9.17) is 9.47 Å². The number of aromatic nitrogens is 1. The van der Waals surface area contributed by atoms with Gasteiger partial charge >= 0.3 is 0 Å². The summed E-state index contributed by atoms with van der Waals surface area (Å²) < 4.78 is 10.5. The second-order valence-electron chi connectivity index (χ2n) is 5.12. The zero-order valence-corrected chi connectivity index (χ0v) is 11.5. The molecule has 0 radical (unpaired) electrons. The Hall–Kier alpha value is -1.29. The van der Waals surface area contributed by atoms with Crippen LogP contribution in [0.15, 0.2) is 12.3 Å². The maximum absolute atomic E-state index is 5.32. The van der Waals surface area contributed by atoms with E-state index in [0.29, 0.717) is 5.41 Å². The van der Waals surface area contributed by atoms with Gasteiger partial charge < -0.3 is 14.8 Å². The highest BCUT2D eigenvalue weighted by molar-refractivity contribution is 5.56. The zero-order valence-electron chi connectivity index (χ0n) is 11.5. The third-order valence-corrected chi connectivity index (χ3v) is 3.67. The standard InChI is InChI=1S/C14H22N2O2/c1-11-8-12(13(18-3)9-15-11)16-10-14(4-5-14)6-7-17-2/h8-9H,4-7,10H2,1-3H3,(H,15,16). The van der Waals surface area contributed by atoms with Gasteiger partial charge in [-0.2, -0.15) is 0 Å². The lowest BCUT2D eigenvalue weighted by Crippen LogP contribution is -2.17. The van der Waals surface area contributed by atoms with Gasteiger partial charge in [0.05, 0.1) is 19.0 Å². The van der Waals surface area contributed by atoms with Crippen LogP contribution in [0, 0.1) is 12.3 Å². The van der Waals surface area contributed by atoms with E-state index in [1.54, 1.807) is 20.4 Å². The molecule has 0 aliphatic heterocycles. The molecule has 1 heterocycles. The van der Waals surface area contributed by atoms with Crippen LogP contribution in [-0.4, -0.2) is 32.4 Å². The molecule has 0 bridgehead atoms. The van der Waals surface area contributed by atoms with Crippen molar-refractivity contribution in [3.63, 3.8) is 0 Å². The molecule has 1 saturated carbocycles. The van der Waals surface area contributed by atoms with E-state index >= 15 is 0 Å². The van der Waals surface area contributed by atoms with Crippen molar-refractivity contribution in [2.75, 3.05) is 32.7 Å². The number of hydrogen-bond acceptors (Lipinski definition) is 4. The lowest BCUT2D eigenvalue weighted by molar-refractivity contribution is 0.175. The highest BCUT2D eigenvalue weighted by Gasteiger charge is 2.41. The third kappa shape index (κ3) is 3.13. The van der Waals surface area contributed by atoms with Gasteiger partial charge in [0.2, 0.25) is 0 Å². The summed E-state index contributed by atoms with van der Waals surface area (Å²) in [6.07, 6.45) is 5.47. The fourth-order valence-electron chi connectivity index (χ4n) is 2.14. The van der Waals surface area contributed by atoms with Crippen molar-refractivity contribution in [2.45, 2.75) is 26.2 Å². The Balaban J connectivity index is 1.95. The maximum Gasteiger partial charge on any atom is 0.160 e. The summed E-state index contributed by atoms with van der Waals surface area (Å²) in [5.74, 6) is 0.808. The van der Waals surface area contributed by atoms with Crippen LogP contribution in [0.5, 0.6) is 5.75 Å². The van der Waals surface area contributed by atoms with Crippen LogP contribution in [-0.2, 0) is 4.74 Å². The summed E-state index contributed by atoms with van der Waals surface area (Å²) in [7, 11) is 3.44. The van der Waals surface area contributed by atoms with E-state index in [0.717, 1.165) is 36.7 Å². The highest BCUT2D eigenvalue weighted by atomic mass is 16.5. The molecule has 1 aromatic heterocycles. The van der Waals surface area contributed by atoms with E-state index in [1.807, 2.05) is 13.0 Å². The first-order valence-corrected chi connectivity index (χ1v) is 6.42. The van der Waals surface area contributed by atoms with Crippen LogP contribution in [0.2, 0.25) is 0 Å². The first-order valence-electron chi connectivity index (χ1n) is 6.42. The highest BCUT2D eigenvalue weighted by Crippen LogP contribution is 2.49. The van der Waals surface area contributed by atoms with Crippen LogP contribution >= 0.6 is 0 Å². The summed E-state index contributed by atoms with van der Waals surface area (Å²) in [5.41, 5.74) is 2.46. The Morgan fingerprint density at radius 3 is 2.78 bits per heavy atom. The fourth-order valence-corrected chi connectivity index (χ4v) is 2.14. The SMILES string of the molecule is COCCC1(CNc2cc(C)ncc2OC)CC1. The van der Waals surface area contributed by atoms with Crippen molar-refractivity contribution < 1.29 is 9.47 Å². The largest absolute Gasteiger partial charge is 0.493 e. The lowest BCUT2D eigenvalue weighted by atomic mass is 10.0. The van der Waals surface area contributed by atoms with Crippen LogP contribution < -0.4 is 10.1 Å². The molecule has 1 aliphatic carbocycles. The number of nitrogens with zero attached hydrogens (tertiary/aromatic N) is 1. The molecular formula is C14H22N2O2. The molecule has 4 heteroatoms. The number of hydrogen-bond donors (Lipinski definition) is 1. The monoisotopic (exact) mass is 250 g/mol. The number of rotatable bonds is 7. The Morgan fingerprint density at radius 2 is 2.17 bits per heavy atom. The number of anilines is 1. The molecule has 1 aliphatic rings. The summed E-state index contributed by atoms with van der Waals surface area (Å²) in [6.45, 7) is 3.81. The molecule has 0 spiro atoms. The van der Waals surface area contributed by atoms with E-state index in [9.17, 15) is 0 Å². The summed E-state index contributed by atoms with van der Waals surface area (Å²) in [6, 6.07) is 2.03. The van der Waals surface area contributed by atoms with E-state index in [1.165, 1.54) is 12.8 Å². The molecule has 0 aromatic carbocycles. The van der Waals surface area contributed by atoms with Crippen molar-refractivity contribution in [1.29, 1.82) is 0 Å². The first-order chi connectivity index (χ1) is 8.69. The molecule has 2 rings (SSSR count). The summed E-state index contributed by atoms with van der Waals surface area (Å²) in [5, 5.41) is 3.50. The average molecular weight is 250 g/mol. The molecule has 0 amide bonds. The minimum Gasteiger partial charge on any atom is -0.493 e. The van der Waals surface area contributed by atoms with Crippen LogP contribution in [0.4, 0.5) is 5.69 Å². The molecule has 0 unspecified atom stereocenters. The van der Waals surface area contributed by atoms with Gasteiger partial charge in [-0.1, -0.05) is 0 Å². The number of ether oxygens (including phenoxy) is 2. The van der Waals surface area contributed by atoms with Gasteiger partial charge in [-0.25, -0.2) is 0 Å². The Labute approximate surface area is 109 Å². The van der Waals surface area contributed by atoms with Gasteiger partial charge in [0.25, 0.3) is 0 Å². The van der Waals surface area contributed by atoms with E-state index in [2.05, 4.69) is 10.3 Å². The predicted molar refractivity (Wildman–Crippen MR) is 72.2 cm³/mol. The van der Waals surface area contributed by atoms with Crippen LogP contribution in [0.25, 0.3) is 0 Å². The van der Waals surface area contributed by atoms with Crippen molar-refractivity contribution in [3.05, 3.63) is 18.0 Å². The molecule has 18 heavy (non-hydrogen) atoms. The third-order valence-electron chi connectivity index (χ3n) is 3.67. The maximum atomic E-state index is 5.32. The topological polar surface area (TPSA) is 43.4 Å². The van der Waals surface area contributed by atoms with Crippen molar-refractivity contribution in [3.8, 4) is 5.75 Å². The smallest absolute Gasteiger partial charge is 0.160 e. The molecule has 1 aromatic rings. The first kappa shape index (κ1) is 13.1. The van der Waals surface area contributed by atoms with E-state index in [-0.39, 0.29) is 0 Å². The molecular weight excluding hydrogens is 228 g/mol. The van der Waals surface area contributed by atoms with Crippen molar-refractivity contribution in [2.24, 2.45) is 5.41 Å². The fraction of sp³-hybridized carbons (Fsp3) is 0.643. The van der Waals surface area contributed by atoms with Crippen LogP contribution in [0.1, 0.15) is 25.0 Å². The van der Waals surface area contributed by atoms with Gasteiger partial charge in [-0.15, -0.1) is 0 Å². The molecule has 4 nitrogen and oxygen atoms in total. The number of aryl methyl sites for hydroxylation is 1. The van der Waals surface area contributed by atoms with Gasteiger partial charge in [-0.05, 0) is 37.7 Å². The molecule has 1 fully saturated rings. The predicted octanol–water partition coefficient (Wildman–Crippen LogP) is 2.63. The van der Waals surface area contributed by atoms with Gasteiger partial charge in [0.15, 0.2) is 5.75 Å². The summed E-state index contributed by atoms with van der Waals surface area (Å²) in [4.78, 5) is 4.24. The normalized spacial score (nSPS) is 16.4. The minimum absolute atomic E-state index is 0.429. The Kier molecular flexibility index (Phi) is 4.07. The molecule has 0 atom stereocenters. The quantitative estimate of drug-likeness (QED) is 0.808. The number of methoxy groups -OCH3 is 2. The molecule has 1 N–H and O–H groups in total. The Morgan fingerprint density at radius 1 is 1.39 bits per heavy atom. The Bertz CT molecular complexity index is 403. The van der Waals surface area contributed by atoms with Gasteiger partial charge in [0.1, 0.15) is 0 Å². The zero-order chi connectivity index (χ0) is 13.0. The second kappa shape index (κ2) is 5.57. The van der Waals surface area contributed by atoms with Gasteiger partial charge in [-0.3, -0.25) is 4.98 Å². The molecule has 0 saturated heterocycles. The minimum atomic E-state index is 0.429. The summed E-state index contributed by atoms with van der Waals surface area (Å²) >= 11 is 0. The van der Waals surface area contributed by atoms with Gasteiger partial charge in [0, 0.05) is 26.0 Å².